The van der Waals surface area contributed by atoms with Crippen LogP contribution < -0.4 is 4.74 Å². The van der Waals surface area contributed by atoms with Crippen LogP contribution in [0.3, 0.4) is 0 Å². The summed E-state index contributed by atoms with van der Waals surface area (Å²) >= 11 is 0. The summed E-state index contributed by atoms with van der Waals surface area (Å²) in [5.74, 6) is 1.32. The predicted molar refractivity (Wildman–Crippen MR) is 110 cm³/mol. The standard InChI is InChI=1S/C22H33N3O3/c1-4-18(3)21-7-5-6-8-22(21)28-16-19(26)13-24-9-10-27-20(14-24)15-25-12-17(2)11-23-25/h5-8,11-12,18-20,26H,4,9-10,13-16H2,1-3H3. The zero-order valence-electron chi connectivity index (χ0n) is 17.3. The molecule has 1 aromatic heterocycles. The van der Waals surface area contributed by atoms with E-state index in [0.717, 1.165) is 37.4 Å². The molecule has 0 radical (unpaired) electrons. The number of hydrogen-bond acceptors (Lipinski definition) is 5. The average molecular weight is 388 g/mol. The Labute approximate surface area is 168 Å². The minimum atomic E-state index is -0.532. The molecule has 1 aliphatic rings. The quantitative estimate of drug-likeness (QED) is 0.717. The maximum absolute atomic E-state index is 10.5. The number of aliphatic hydroxyl groups is 1. The number of hydrogen-bond donors (Lipinski definition) is 1. The van der Waals surface area contributed by atoms with Crippen molar-refractivity contribution in [3.8, 4) is 5.75 Å². The van der Waals surface area contributed by atoms with E-state index >= 15 is 0 Å². The van der Waals surface area contributed by atoms with Gasteiger partial charge in [0.25, 0.3) is 0 Å². The minimum Gasteiger partial charge on any atom is -0.491 e. The first-order chi connectivity index (χ1) is 13.5. The second kappa shape index (κ2) is 10.0. The van der Waals surface area contributed by atoms with Crippen LogP contribution in [0.4, 0.5) is 0 Å². The number of aliphatic hydroxyl groups excluding tert-OH is 1. The second-order valence-electron chi connectivity index (χ2n) is 7.80. The molecule has 0 amide bonds. The second-order valence-corrected chi connectivity index (χ2v) is 7.80. The summed E-state index contributed by atoms with van der Waals surface area (Å²) in [6.45, 7) is 10.3. The molecule has 1 aliphatic heterocycles. The third-order valence-corrected chi connectivity index (χ3v) is 5.34. The topological polar surface area (TPSA) is 59.8 Å². The minimum absolute atomic E-state index is 0.0901. The lowest BCUT2D eigenvalue weighted by Gasteiger charge is -2.34. The van der Waals surface area contributed by atoms with Crippen LogP contribution in [-0.2, 0) is 11.3 Å². The Hall–Kier alpha value is -1.89. The zero-order chi connectivity index (χ0) is 19.9. The summed E-state index contributed by atoms with van der Waals surface area (Å²) in [5.41, 5.74) is 2.36. The van der Waals surface area contributed by atoms with Gasteiger partial charge in [0, 0.05) is 25.8 Å². The number of ether oxygens (including phenoxy) is 2. The highest BCUT2D eigenvalue weighted by Crippen LogP contribution is 2.28. The maximum atomic E-state index is 10.5. The first kappa shape index (κ1) is 20.8. The normalized spacial score (nSPS) is 20.1. The molecule has 2 heterocycles. The highest BCUT2D eigenvalue weighted by molar-refractivity contribution is 5.35. The Bertz CT molecular complexity index is 733. The molecule has 0 saturated carbocycles. The van der Waals surface area contributed by atoms with E-state index in [1.807, 2.05) is 42.2 Å². The monoisotopic (exact) mass is 387 g/mol. The van der Waals surface area contributed by atoms with Crippen LogP contribution in [0.25, 0.3) is 0 Å². The zero-order valence-corrected chi connectivity index (χ0v) is 17.3. The number of benzene rings is 1. The Morgan fingerprint density at radius 2 is 2.18 bits per heavy atom. The maximum Gasteiger partial charge on any atom is 0.122 e. The molecule has 6 nitrogen and oxygen atoms in total. The number of aromatic nitrogens is 2. The first-order valence-corrected chi connectivity index (χ1v) is 10.3. The van der Waals surface area contributed by atoms with Crippen molar-refractivity contribution in [1.82, 2.24) is 14.7 Å². The van der Waals surface area contributed by atoms with Crippen LogP contribution in [0.2, 0.25) is 0 Å². The highest BCUT2D eigenvalue weighted by atomic mass is 16.5. The van der Waals surface area contributed by atoms with Crippen molar-refractivity contribution in [1.29, 1.82) is 0 Å². The third kappa shape index (κ3) is 5.80. The fourth-order valence-corrected chi connectivity index (χ4v) is 3.61. The van der Waals surface area contributed by atoms with Gasteiger partial charge in [0.05, 0.1) is 25.5 Å². The molecule has 1 fully saturated rings. The lowest BCUT2D eigenvalue weighted by atomic mass is 9.98. The lowest BCUT2D eigenvalue weighted by Crippen LogP contribution is -2.47. The van der Waals surface area contributed by atoms with Crippen molar-refractivity contribution in [2.45, 2.75) is 51.9 Å². The molecule has 0 bridgehead atoms. The van der Waals surface area contributed by atoms with Gasteiger partial charge in [-0.3, -0.25) is 9.58 Å². The van der Waals surface area contributed by atoms with Crippen molar-refractivity contribution < 1.29 is 14.6 Å². The molecular weight excluding hydrogens is 354 g/mol. The summed E-state index contributed by atoms with van der Waals surface area (Å²) in [7, 11) is 0. The molecule has 1 saturated heterocycles. The van der Waals surface area contributed by atoms with Crippen molar-refractivity contribution in [2.75, 3.05) is 32.8 Å². The predicted octanol–water partition coefficient (Wildman–Crippen LogP) is 2.85. The van der Waals surface area contributed by atoms with Crippen LogP contribution >= 0.6 is 0 Å². The van der Waals surface area contributed by atoms with E-state index in [4.69, 9.17) is 9.47 Å². The molecule has 0 aliphatic carbocycles. The van der Waals surface area contributed by atoms with Crippen LogP contribution in [0, 0.1) is 6.92 Å². The molecule has 1 N–H and O–H groups in total. The summed E-state index contributed by atoms with van der Waals surface area (Å²) in [6, 6.07) is 8.13. The van der Waals surface area contributed by atoms with E-state index in [2.05, 4.69) is 29.9 Å². The molecule has 154 valence electrons. The Morgan fingerprint density at radius 1 is 1.36 bits per heavy atom. The SMILES string of the molecule is CCC(C)c1ccccc1OCC(O)CN1CCOC(Cn2cc(C)cn2)C1. The van der Waals surface area contributed by atoms with Crippen LogP contribution in [0.1, 0.15) is 37.3 Å². The van der Waals surface area contributed by atoms with E-state index < -0.39 is 6.10 Å². The summed E-state index contributed by atoms with van der Waals surface area (Å²) in [6.07, 6.45) is 4.51. The van der Waals surface area contributed by atoms with Crippen LogP contribution in [0.15, 0.2) is 36.7 Å². The van der Waals surface area contributed by atoms with Crippen LogP contribution in [-0.4, -0.2) is 64.8 Å². The van der Waals surface area contributed by atoms with E-state index in [0.29, 0.717) is 25.7 Å². The van der Waals surface area contributed by atoms with Gasteiger partial charge < -0.3 is 14.6 Å². The molecule has 0 spiro atoms. The smallest absolute Gasteiger partial charge is 0.122 e. The fourth-order valence-electron chi connectivity index (χ4n) is 3.61. The number of para-hydroxylation sites is 1. The fraction of sp³-hybridized carbons (Fsp3) is 0.591. The number of aryl methyl sites for hydroxylation is 1. The molecule has 28 heavy (non-hydrogen) atoms. The third-order valence-electron chi connectivity index (χ3n) is 5.34. The molecular formula is C22H33N3O3. The lowest BCUT2D eigenvalue weighted by molar-refractivity contribution is -0.0517. The summed E-state index contributed by atoms with van der Waals surface area (Å²) in [5, 5.41) is 14.8. The molecule has 6 heteroatoms. The van der Waals surface area contributed by atoms with Crippen molar-refractivity contribution in [3.05, 3.63) is 47.8 Å². The van der Waals surface area contributed by atoms with Crippen molar-refractivity contribution in [2.24, 2.45) is 0 Å². The Kier molecular flexibility index (Phi) is 7.48. The van der Waals surface area contributed by atoms with E-state index in [-0.39, 0.29) is 6.10 Å². The van der Waals surface area contributed by atoms with Crippen molar-refractivity contribution in [3.63, 3.8) is 0 Å². The molecule has 3 rings (SSSR count). The van der Waals surface area contributed by atoms with E-state index in [1.54, 1.807) is 0 Å². The first-order valence-electron chi connectivity index (χ1n) is 10.3. The van der Waals surface area contributed by atoms with Crippen molar-refractivity contribution >= 4 is 0 Å². The van der Waals surface area contributed by atoms with E-state index in [1.165, 1.54) is 5.56 Å². The number of morpholine rings is 1. The average Bonchev–Trinajstić information content (AvgIpc) is 3.11. The van der Waals surface area contributed by atoms with Gasteiger partial charge in [-0.05, 0) is 36.5 Å². The van der Waals surface area contributed by atoms with E-state index in [9.17, 15) is 5.11 Å². The molecule has 3 unspecified atom stereocenters. The molecule has 1 aromatic carbocycles. The van der Waals surface area contributed by atoms with Crippen LogP contribution in [0.5, 0.6) is 5.75 Å². The van der Waals surface area contributed by atoms with Gasteiger partial charge in [0.1, 0.15) is 18.5 Å². The van der Waals surface area contributed by atoms with Gasteiger partial charge in [-0.1, -0.05) is 32.0 Å². The van der Waals surface area contributed by atoms with Gasteiger partial charge in [-0.2, -0.15) is 5.10 Å². The summed E-state index contributed by atoms with van der Waals surface area (Å²) < 4.78 is 13.8. The Balaban J connectivity index is 1.47. The van der Waals surface area contributed by atoms with Gasteiger partial charge in [-0.25, -0.2) is 0 Å². The summed E-state index contributed by atoms with van der Waals surface area (Å²) in [4.78, 5) is 2.25. The van der Waals surface area contributed by atoms with Gasteiger partial charge in [0.15, 0.2) is 0 Å². The number of nitrogens with zero attached hydrogens (tertiary/aromatic N) is 3. The van der Waals surface area contributed by atoms with Gasteiger partial charge in [0.2, 0.25) is 0 Å². The molecule has 2 aromatic rings. The highest BCUT2D eigenvalue weighted by Gasteiger charge is 2.23. The Morgan fingerprint density at radius 3 is 2.93 bits per heavy atom. The number of rotatable bonds is 9. The number of β-amino-alcohol motifs (C(OH)–C–C–N with tert-alkyl or cyclic N) is 1. The molecule has 3 atom stereocenters. The van der Waals surface area contributed by atoms with Gasteiger partial charge in [-0.15, -0.1) is 0 Å². The van der Waals surface area contributed by atoms with Gasteiger partial charge >= 0.3 is 0 Å². The largest absolute Gasteiger partial charge is 0.491 e.